The van der Waals surface area contributed by atoms with Crippen molar-refractivity contribution in [1.29, 1.82) is 0 Å². The highest BCUT2D eigenvalue weighted by Gasteiger charge is 2.11. The van der Waals surface area contributed by atoms with Gasteiger partial charge in [-0.25, -0.2) is 4.79 Å². The lowest BCUT2D eigenvalue weighted by Crippen LogP contribution is -2.43. The molecule has 112 valence electrons. The normalized spacial score (nSPS) is 15.2. The molecule has 0 aliphatic heterocycles. The summed E-state index contributed by atoms with van der Waals surface area (Å²) in [6.45, 7) is 6.57. The lowest BCUT2D eigenvalue weighted by atomic mass is 9.99. The third kappa shape index (κ3) is 6.19. The topological polar surface area (TPSA) is 58.2 Å². The standard InChI is InChI=1S/C15H24N2O2S/c1-11-6-5-7-14(8-11)12(2)9-16-15(18)17-13(3)10-20(4)19/h5-8,12-13H,9-10H2,1-4H3,(H2,16,17,18). The molecule has 3 unspecified atom stereocenters. The Morgan fingerprint density at radius 2 is 2.05 bits per heavy atom. The molecule has 4 nitrogen and oxygen atoms in total. The Balaban J connectivity index is 2.39. The van der Waals surface area contributed by atoms with Crippen LogP contribution < -0.4 is 10.6 Å². The van der Waals surface area contributed by atoms with Gasteiger partial charge in [0.25, 0.3) is 0 Å². The Kier molecular flexibility index (Phi) is 6.71. The number of amides is 2. The summed E-state index contributed by atoms with van der Waals surface area (Å²) in [7, 11) is -0.900. The summed E-state index contributed by atoms with van der Waals surface area (Å²) < 4.78 is 11.1. The molecule has 2 N–H and O–H groups in total. The average molecular weight is 296 g/mol. The second kappa shape index (κ2) is 8.04. The number of carbonyl (C=O) groups is 1. The van der Waals surface area contributed by atoms with E-state index in [1.807, 2.05) is 13.0 Å². The molecule has 0 spiro atoms. The Labute approximate surface area is 123 Å². The fourth-order valence-corrected chi connectivity index (χ4v) is 2.80. The molecular weight excluding hydrogens is 272 g/mol. The van der Waals surface area contributed by atoms with E-state index in [0.29, 0.717) is 12.3 Å². The zero-order valence-electron chi connectivity index (χ0n) is 12.6. The molecule has 5 heteroatoms. The summed E-state index contributed by atoms with van der Waals surface area (Å²) in [6.07, 6.45) is 1.63. The van der Waals surface area contributed by atoms with Gasteiger partial charge < -0.3 is 10.6 Å². The highest BCUT2D eigenvalue weighted by molar-refractivity contribution is 7.84. The lowest BCUT2D eigenvalue weighted by molar-refractivity contribution is 0.238. The van der Waals surface area contributed by atoms with E-state index in [1.54, 1.807) is 6.26 Å². The molecule has 1 aromatic rings. The van der Waals surface area contributed by atoms with Gasteiger partial charge in [0.05, 0.1) is 0 Å². The lowest BCUT2D eigenvalue weighted by Gasteiger charge is -2.16. The maximum Gasteiger partial charge on any atom is 0.315 e. The van der Waals surface area contributed by atoms with Crippen LogP contribution in [-0.4, -0.2) is 34.8 Å². The second-order valence-corrected chi connectivity index (χ2v) is 6.79. The van der Waals surface area contributed by atoms with E-state index in [9.17, 15) is 9.00 Å². The monoisotopic (exact) mass is 296 g/mol. The predicted octanol–water partition coefficient (Wildman–Crippen LogP) is 2.16. The molecule has 20 heavy (non-hydrogen) atoms. The fourth-order valence-electron chi connectivity index (χ4n) is 2.01. The maximum absolute atomic E-state index is 11.7. The number of hydrogen-bond donors (Lipinski definition) is 2. The summed E-state index contributed by atoms with van der Waals surface area (Å²) in [5.41, 5.74) is 2.44. The van der Waals surface area contributed by atoms with Crippen molar-refractivity contribution in [2.24, 2.45) is 0 Å². The minimum atomic E-state index is -0.900. The van der Waals surface area contributed by atoms with Gasteiger partial charge in [0, 0.05) is 35.4 Å². The third-order valence-corrected chi connectivity index (χ3v) is 4.01. The van der Waals surface area contributed by atoms with Crippen molar-refractivity contribution in [2.75, 3.05) is 18.6 Å². The molecule has 0 bridgehead atoms. The highest BCUT2D eigenvalue weighted by atomic mass is 32.2. The van der Waals surface area contributed by atoms with E-state index < -0.39 is 10.8 Å². The van der Waals surface area contributed by atoms with Crippen molar-refractivity contribution >= 4 is 16.8 Å². The van der Waals surface area contributed by atoms with Crippen LogP contribution in [0, 0.1) is 6.92 Å². The van der Waals surface area contributed by atoms with Crippen LogP contribution in [0.3, 0.4) is 0 Å². The highest BCUT2D eigenvalue weighted by Crippen LogP contribution is 2.15. The van der Waals surface area contributed by atoms with E-state index in [-0.39, 0.29) is 18.0 Å². The third-order valence-electron chi connectivity index (χ3n) is 3.04. The Morgan fingerprint density at radius 3 is 2.65 bits per heavy atom. The quantitative estimate of drug-likeness (QED) is 0.845. The molecule has 3 atom stereocenters. The number of hydrogen-bond acceptors (Lipinski definition) is 2. The van der Waals surface area contributed by atoms with Crippen molar-refractivity contribution in [3.05, 3.63) is 35.4 Å². The van der Waals surface area contributed by atoms with Gasteiger partial charge in [-0.2, -0.15) is 0 Å². The van der Waals surface area contributed by atoms with Crippen LogP contribution in [0.15, 0.2) is 24.3 Å². The van der Waals surface area contributed by atoms with Gasteiger partial charge in [-0.05, 0) is 25.3 Å². The van der Waals surface area contributed by atoms with Crippen LogP contribution in [-0.2, 0) is 10.8 Å². The summed E-state index contributed by atoms with van der Waals surface area (Å²) in [5, 5.41) is 5.64. The molecule has 0 aliphatic rings. The SMILES string of the molecule is Cc1cccc(C(C)CNC(=O)NC(C)CS(C)=O)c1. The number of benzene rings is 1. The van der Waals surface area contributed by atoms with Crippen molar-refractivity contribution in [3.8, 4) is 0 Å². The van der Waals surface area contributed by atoms with E-state index in [2.05, 4.69) is 42.7 Å². The predicted molar refractivity (Wildman–Crippen MR) is 84.5 cm³/mol. The molecule has 0 fully saturated rings. The number of aryl methyl sites for hydroxylation is 1. The zero-order chi connectivity index (χ0) is 15.1. The smallest absolute Gasteiger partial charge is 0.315 e. The van der Waals surface area contributed by atoms with Gasteiger partial charge in [-0.1, -0.05) is 36.8 Å². The fraction of sp³-hybridized carbons (Fsp3) is 0.533. The Hall–Kier alpha value is -1.36. The molecule has 0 saturated heterocycles. The van der Waals surface area contributed by atoms with Gasteiger partial charge in [0.15, 0.2) is 0 Å². The van der Waals surface area contributed by atoms with Gasteiger partial charge in [-0.15, -0.1) is 0 Å². The first kappa shape index (κ1) is 16.7. The summed E-state index contributed by atoms with van der Waals surface area (Å²) in [6, 6.07) is 7.99. The van der Waals surface area contributed by atoms with Gasteiger partial charge in [-0.3, -0.25) is 4.21 Å². The van der Waals surface area contributed by atoms with Crippen LogP contribution in [0.4, 0.5) is 4.79 Å². The maximum atomic E-state index is 11.7. The van der Waals surface area contributed by atoms with Crippen LogP contribution in [0.2, 0.25) is 0 Å². The Morgan fingerprint density at radius 1 is 1.35 bits per heavy atom. The van der Waals surface area contributed by atoms with Gasteiger partial charge in [0.2, 0.25) is 0 Å². The number of carbonyl (C=O) groups excluding carboxylic acids is 1. The first-order valence-corrected chi connectivity index (χ1v) is 8.52. The number of nitrogens with one attached hydrogen (secondary N) is 2. The summed E-state index contributed by atoms with van der Waals surface area (Å²) in [5.74, 6) is 0.733. The number of urea groups is 1. The first-order valence-electron chi connectivity index (χ1n) is 6.79. The molecule has 0 aliphatic carbocycles. The largest absolute Gasteiger partial charge is 0.338 e. The molecule has 0 radical (unpaired) electrons. The van der Waals surface area contributed by atoms with Gasteiger partial charge in [0.1, 0.15) is 0 Å². The number of rotatable bonds is 6. The molecule has 1 rings (SSSR count). The minimum Gasteiger partial charge on any atom is -0.338 e. The first-order chi connectivity index (χ1) is 9.38. The zero-order valence-corrected chi connectivity index (χ0v) is 13.4. The van der Waals surface area contributed by atoms with Crippen molar-refractivity contribution in [3.63, 3.8) is 0 Å². The van der Waals surface area contributed by atoms with E-state index >= 15 is 0 Å². The molecule has 2 amide bonds. The van der Waals surface area contributed by atoms with E-state index in [0.717, 1.165) is 0 Å². The second-order valence-electron chi connectivity index (χ2n) is 5.31. The summed E-state index contributed by atoms with van der Waals surface area (Å²) >= 11 is 0. The summed E-state index contributed by atoms with van der Waals surface area (Å²) in [4.78, 5) is 11.7. The van der Waals surface area contributed by atoms with Gasteiger partial charge >= 0.3 is 6.03 Å². The van der Waals surface area contributed by atoms with Crippen LogP contribution in [0.25, 0.3) is 0 Å². The van der Waals surface area contributed by atoms with Crippen molar-refractivity contribution in [1.82, 2.24) is 10.6 Å². The molecular formula is C15H24N2O2S. The Bertz CT molecular complexity index is 477. The minimum absolute atomic E-state index is 0.0879. The van der Waals surface area contributed by atoms with E-state index in [1.165, 1.54) is 11.1 Å². The van der Waals surface area contributed by atoms with Crippen LogP contribution in [0.5, 0.6) is 0 Å². The van der Waals surface area contributed by atoms with Crippen LogP contribution in [0.1, 0.15) is 30.9 Å². The average Bonchev–Trinajstić information content (AvgIpc) is 2.34. The molecule has 0 saturated carbocycles. The molecule has 1 aromatic carbocycles. The molecule has 0 heterocycles. The van der Waals surface area contributed by atoms with Crippen molar-refractivity contribution < 1.29 is 9.00 Å². The van der Waals surface area contributed by atoms with Crippen molar-refractivity contribution in [2.45, 2.75) is 32.7 Å². The molecule has 0 aromatic heterocycles. The van der Waals surface area contributed by atoms with E-state index in [4.69, 9.17) is 0 Å². The van der Waals surface area contributed by atoms with Crippen LogP contribution >= 0.6 is 0 Å².